The van der Waals surface area contributed by atoms with Crippen molar-refractivity contribution < 1.29 is 19.1 Å². The van der Waals surface area contributed by atoms with Crippen LogP contribution < -0.4 is 4.74 Å². The molecule has 0 aliphatic carbocycles. The second kappa shape index (κ2) is 9.11. The van der Waals surface area contributed by atoms with Crippen LogP contribution in [0.3, 0.4) is 0 Å². The molecular formula is C27H19BrN2O4. The number of hydrogen-bond donors (Lipinski definition) is 1. The maximum atomic E-state index is 13.2. The summed E-state index contributed by atoms with van der Waals surface area (Å²) < 4.78 is 11.7. The van der Waals surface area contributed by atoms with E-state index < -0.39 is 5.97 Å². The van der Waals surface area contributed by atoms with Gasteiger partial charge in [0.05, 0.1) is 23.9 Å². The van der Waals surface area contributed by atoms with E-state index in [0.717, 1.165) is 20.9 Å². The number of fused-ring (bicyclic) bond motifs is 2. The van der Waals surface area contributed by atoms with Crippen LogP contribution >= 0.6 is 15.9 Å². The molecule has 7 heteroatoms. The Morgan fingerprint density at radius 1 is 0.941 bits per heavy atom. The number of esters is 1. The molecule has 5 aromatic rings. The molecule has 2 heterocycles. The smallest absolute Gasteiger partial charge is 0.339 e. The molecule has 0 amide bonds. The van der Waals surface area contributed by atoms with Crippen molar-refractivity contribution in [2.24, 2.45) is 0 Å². The van der Waals surface area contributed by atoms with Gasteiger partial charge in [0.2, 0.25) is 5.78 Å². The summed E-state index contributed by atoms with van der Waals surface area (Å²) in [6.45, 7) is -0.373. The van der Waals surface area contributed by atoms with Gasteiger partial charge in [-0.15, -0.1) is 0 Å². The standard InChI is InChI=1S/C27H19BrN2O4/c1-33-18-10-11-24-20(12-18)21(13-25(30-24)16-6-8-17(28)9-7-16)27(32)34-15-26(31)22-14-29-23-5-3-2-4-19(22)23/h2-14,29H,15H2,1H3. The fourth-order valence-corrected chi connectivity index (χ4v) is 4.12. The van der Waals surface area contributed by atoms with Crippen molar-refractivity contribution in [2.75, 3.05) is 13.7 Å². The van der Waals surface area contributed by atoms with Gasteiger partial charge >= 0.3 is 5.97 Å². The average Bonchev–Trinajstić information content (AvgIpc) is 3.31. The molecule has 0 aliphatic heterocycles. The molecule has 0 fully saturated rings. The Kier molecular flexibility index (Phi) is 5.86. The minimum atomic E-state index is -0.604. The zero-order valence-electron chi connectivity index (χ0n) is 18.2. The van der Waals surface area contributed by atoms with Crippen LogP contribution in [0.2, 0.25) is 0 Å². The van der Waals surface area contributed by atoms with E-state index in [9.17, 15) is 9.59 Å². The summed E-state index contributed by atoms with van der Waals surface area (Å²) >= 11 is 3.43. The summed E-state index contributed by atoms with van der Waals surface area (Å²) in [6, 6.07) is 22.1. The Morgan fingerprint density at radius 2 is 1.74 bits per heavy atom. The summed E-state index contributed by atoms with van der Waals surface area (Å²) in [5, 5.41) is 1.38. The molecular weight excluding hydrogens is 496 g/mol. The molecule has 0 saturated carbocycles. The van der Waals surface area contributed by atoms with Gasteiger partial charge < -0.3 is 14.5 Å². The number of ketones is 1. The highest BCUT2D eigenvalue weighted by Crippen LogP contribution is 2.29. The van der Waals surface area contributed by atoms with Crippen molar-refractivity contribution in [3.63, 3.8) is 0 Å². The van der Waals surface area contributed by atoms with E-state index in [1.54, 1.807) is 37.6 Å². The Bertz CT molecular complexity index is 1540. The van der Waals surface area contributed by atoms with Gasteiger partial charge in [0.15, 0.2) is 6.61 Å². The van der Waals surface area contributed by atoms with E-state index in [0.29, 0.717) is 33.5 Å². The average molecular weight is 515 g/mol. The third-order valence-corrected chi connectivity index (χ3v) is 6.13. The van der Waals surface area contributed by atoms with E-state index in [-0.39, 0.29) is 12.4 Å². The number of H-pyrrole nitrogens is 1. The number of carbonyl (C=O) groups excluding carboxylic acids is 2. The van der Waals surface area contributed by atoms with Crippen LogP contribution in [0.5, 0.6) is 5.75 Å². The predicted octanol–water partition coefficient (Wildman–Crippen LogP) is 6.19. The highest BCUT2D eigenvalue weighted by atomic mass is 79.9. The maximum Gasteiger partial charge on any atom is 0.339 e. The SMILES string of the molecule is COc1ccc2nc(-c3ccc(Br)cc3)cc(C(=O)OCC(=O)c3c[nH]c4ccccc34)c2c1. The topological polar surface area (TPSA) is 81.3 Å². The number of hydrogen-bond acceptors (Lipinski definition) is 5. The monoisotopic (exact) mass is 514 g/mol. The van der Waals surface area contributed by atoms with Crippen LogP contribution in [-0.2, 0) is 4.74 Å². The van der Waals surface area contributed by atoms with E-state index in [2.05, 4.69) is 20.9 Å². The van der Waals surface area contributed by atoms with Gasteiger partial charge in [-0.25, -0.2) is 9.78 Å². The summed E-state index contributed by atoms with van der Waals surface area (Å²) in [5.74, 6) is -0.295. The number of nitrogens with zero attached hydrogens (tertiary/aromatic N) is 1. The Labute approximate surface area is 203 Å². The third-order valence-electron chi connectivity index (χ3n) is 5.60. The van der Waals surface area contributed by atoms with Crippen molar-refractivity contribution in [3.05, 3.63) is 94.6 Å². The lowest BCUT2D eigenvalue weighted by molar-refractivity contribution is 0.0477. The van der Waals surface area contributed by atoms with E-state index in [1.807, 2.05) is 48.5 Å². The van der Waals surface area contributed by atoms with Crippen molar-refractivity contribution in [3.8, 4) is 17.0 Å². The Morgan fingerprint density at radius 3 is 2.53 bits per heavy atom. The number of ether oxygens (including phenoxy) is 2. The second-order valence-corrected chi connectivity index (χ2v) is 8.61. The van der Waals surface area contributed by atoms with Crippen LogP contribution in [0.4, 0.5) is 0 Å². The van der Waals surface area contributed by atoms with Crippen LogP contribution in [-0.4, -0.2) is 35.4 Å². The first-order valence-corrected chi connectivity index (χ1v) is 11.3. The number of halogens is 1. The molecule has 1 N–H and O–H groups in total. The fourth-order valence-electron chi connectivity index (χ4n) is 3.86. The van der Waals surface area contributed by atoms with E-state index >= 15 is 0 Å². The van der Waals surface area contributed by atoms with Crippen molar-refractivity contribution in [1.82, 2.24) is 9.97 Å². The number of para-hydroxylation sites is 1. The van der Waals surface area contributed by atoms with Crippen molar-refractivity contribution in [2.45, 2.75) is 0 Å². The second-order valence-electron chi connectivity index (χ2n) is 7.69. The molecule has 0 atom stereocenters. The first-order chi connectivity index (χ1) is 16.5. The van der Waals surface area contributed by atoms with Crippen LogP contribution in [0, 0.1) is 0 Å². The first-order valence-electron chi connectivity index (χ1n) is 10.5. The predicted molar refractivity (Wildman–Crippen MR) is 134 cm³/mol. The van der Waals surface area contributed by atoms with Gasteiger partial charge in [-0.2, -0.15) is 0 Å². The molecule has 34 heavy (non-hydrogen) atoms. The maximum absolute atomic E-state index is 13.2. The van der Waals surface area contributed by atoms with Gasteiger partial charge in [0.1, 0.15) is 5.75 Å². The number of rotatable bonds is 6. The number of aromatic amines is 1. The van der Waals surface area contributed by atoms with Crippen molar-refractivity contribution in [1.29, 1.82) is 0 Å². The molecule has 6 nitrogen and oxygen atoms in total. The van der Waals surface area contributed by atoms with Crippen LogP contribution in [0.1, 0.15) is 20.7 Å². The zero-order chi connectivity index (χ0) is 23.7. The normalized spacial score (nSPS) is 11.0. The number of carbonyl (C=O) groups is 2. The summed E-state index contributed by atoms with van der Waals surface area (Å²) in [5.41, 5.74) is 3.75. The van der Waals surface area contributed by atoms with Gasteiger partial charge in [-0.1, -0.05) is 46.3 Å². The van der Waals surface area contributed by atoms with Crippen molar-refractivity contribution >= 4 is 49.5 Å². The molecule has 168 valence electrons. The molecule has 0 radical (unpaired) electrons. The fraction of sp³-hybridized carbons (Fsp3) is 0.0741. The largest absolute Gasteiger partial charge is 0.497 e. The molecule has 0 unspecified atom stereocenters. The molecule has 0 aliphatic rings. The van der Waals surface area contributed by atoms with Crippen LogP contribution in [0.15, 0.2) is 83.5 Å². The number of aromatic nitrogens is 2. The Balaban J connectivity index is 1.48. The van der Waals surface area contributed by atoms with Gasteiger partial charge in [-0.05, 0) is 42.5 Å². The van der Waals surface area contributed by atoms with Gasteiger partial charge in [0, 0.05) is 38.1 Å². The number of pyridine rings is 1. The Hall–Kier alpha value is -3.97. The summed E-state index contributed by atoms with van der Waals surface area (Å²) in [4.78, 5) is 33.8. The van der Waals surface area contributed by atoms with E-state index in [4.69, 9.17) is 14.5 Å². The molecule has 2 aromatic heterocycles. The summed E-state index contributed by atoms with van der Waals surface area (Å²) in [6.07, 6.45) is 1.64. The van der Waals surface area contributed by atoms with Gasteiger partial charge in [-0.3, -0.25) is 4.79 Å². The van der Waals surface area contributed by atoms with Crippen LogP contribution in [0.25, 0.3) is 33.1 Å². The third kappa shape index (κ3) is 4.18. The number of benzene rings is 3. The molecule has 5 rings (SSSR count). The molecule has 0 spiro atoms. The number of Topliss-reactive ketones (excluding diaryl/α,β-unsaturated/α-hetero) is 1. The first kappa shape index (κ1) is 21.9. The highest BCUT2D eigenvalue weighted by molar-refractivity contribution is 9.10. The van der Waals surface area contributed by atoms with Gasteiger partial charge in [0.25, 0.3) is 0 Å². The molecule has 3 aromatic carbocycles. The lowest BCUT2D eigenvalue weighted by Gasteiger charge is -2.11. The lowest BCUT2D eigenvalue weighted by atomic mass is 10.0. The number of methoxy groups -OCH3 is 1. The lowest BCUT2D eigenvalue weighted by Crippen LogP contribution is -2.14. The molecule has 0 saturated heterocycles. The minimum absolute atomic E-state index is 0.283. The number of nitrogens with one attached hydrogen (secondary N) is 1. The zero-order valence-corrected chi connectivity index (χ0v) is 19.8. The quantitative estimate of drug-likeness (QED) is 0.215. The summed E-state index contributed by atoms with van der Waals surface area (Å²) in [7, 11) is 1.56. The van der Waals surface area contributed by atoms with E-state index in [1.165, 1.54) is 0 Å². The molecule has 0 bridgehead atoms. The minimum Gasteiger partial charge on any atom is -0.497 e. The highest BCUT2D eigenvalue weighted by Gasteiger charge is 2.19.